The number of nitrogens with zero attached hydrogens (tertiary/aromatic N) is 4. The Hall–Kier alpha value is -3.59. The molecule has 0 saturated carbocycles. The number of rotatable bonds is 5. The number of aryl methyl sites for hydroxylation is 1. The molecule has 0 bridgehead atoms. The first-order valence-electron chi connectivity index (χ1n) is 12.5. The number of carbonyl (C=O) groups is 2. The van der Waals surface area contributed by atoms with Gasteiger partial charge in [-0.3, -0.25) is 19.0 Å². The van der Waals surface area contributed by atoms with E-state index in [0.29, 0.717) is 55.1 Å². The first-order valence-corrected chi connectivity index (χ1v) is 12.5. The van der Waals surface area contributed by atoms with E-state index in [1.807, 2.05) is 42.2 Å². The van der Waals surface area contributed by atoms with Crippen molar-refractivity contribution in [1.82, 2.24) is 24.8 Å². The first kappa shape index (κ1) is 24.1. The summed E-state index contributed by atoms with van der Waals surface area (Å²) >= 11 is 0. The van der Waals surface area contributed by atoms with Crippen LogP contribution in [0.2, 0.25) is 0 Å². The molecule has 1 atom stereocenters. The van der Waals surface area contributed by atoms with Gasteiger partial charge in [0, 0.05) is 49.7 Å². The van der Waals surface area contributed by atoms with Crippen LogP contribution in [0.5, 0.6) is 0 Å². The average Bonchev–Trinajstić information content (AvgIpc) is 3.36. The molecule has 2 aliphatic heterocycles. The molecule has 9 nitrogen and oxygen atoms in total. The zero-order valence-corrected chi connectivity index (χ0v) is 21.0. The fourth-order valence-corrected chi connectivity index (χ4v) is 5.48. The summed E-state index contributed by atoms with van der Waals surface area (Å²) in [6, 6.07) is 9.72. The third kappa shape index (κ3) is 4.17. The molecule has 2 N–H and O–H groups in total. The van der Waals surface area contributed by atoms with Crippen molar-refractivity contribution in [1.29, 1.82) is 0 Å². The maximum atomic E-state index is 14.1. The molecule has 2 aromatic heterocycles. The maximum absolute atomic E-state index is 14.1. The Morgan fingerprint density at radius 1 is 1.14 bits per heavy atom. The number of anilines is 1. The number of piperidine rings is 1. The van der Waals surface area contributed by atoms with Crippen molar-refractivity contribution < 1.29 is 9.59 Å². The summed E-state index contributed by atoms with van der Waals surface area (Å²) in [4.78, 5) is 50.0. The highest BCUT2D eigenvalue weighted by Gasteiger charge is 2.43. The molecule has 1 aromatic carbocycles. The van der Waals surface area contributed by atoms with Gasteiger partial charge in [-0.05, 0) is 56.8 Å². The van der Waals surface area contributed by atoms with Crippen LogP contribution in [0.1, 0.15) is 38.7 Å². The van der Waals surface area contributed by atoms with Gasteiger partial charge < -0.3 is 15.5 Å². The zero-order valence-electron chi connectivity index (χ0n) is 21.0. The number of hydrogen-bond donors (Lipinski definition) is 2. The minimum absolute atomic E-state index is 0.0671. The number of aromatic nitrogens is 3. The predicted octanol–water partition coefficient (Wildman–Crippen LogP) is 2.47. The lowest BCUT2D eigenvalue weighted by Gasteiger charge is -2.32. The van der Waals surface area contributed by atoms with E-state index in [1.54, 1.807) is 24.6 Å². The van der Waals surface area contributed by atoms with Crippen LogP contribution < -0.4 is 16.2 Å². The summed E-state index contributed by atoms with van der Waals surface area (Å²) in [6.45, 7) is 7.51. The van der Waals surface area contributed by atoms with Crippen LogP contribution in [0.4, 0.5) is 5.95 Å². The molecule has 2 aliphatic rings. The van der Waals surface area contributed by atoms with Crippen molar-refractivity contribution in [2.45, 2.75) is 51.6 Å². The molecule has 0 unspecified atom stereocenters. The highest BCUT2D eigenvalue weighted by Crippen LogP contribution is 2.31. The Morgan fingerprint density at radius 3 is 2.53 bits per heavy atom. The van der Waals surface area contributed by atoms with Gasteiger partial charge in [-0.1, -0.05) is 24.3 Å². The molecular weight excluding hydrogens is 456 g/mol. The fourth-order valence-electron chi connectivity index (χ4n) is 5.48. The van der Waals surface area contributed by atoms with Crippen LogP contribution in [-0.2, 0) is 15.1 Å². The van der Waals surface area contributed by atoms with E-state index in [0.717, 1.165) is 24.0 Å². The number of amides is 1. The van der Waals surface area contributed by atoms with Crippen LogP contribution in [-0.4, -0.2) is 63.3 Å². The number of likely N-dealkylation sites (tertiary alicyclic amines) is 1. The van der Waals surface area contributed by atoms with Gasteiger partial charge in [0.1, 0.15) is 11.2 Å². The van der Waals surface area contributed by atoms with Crippen molar-refractivity contribution in [2.75, 3.05) is 31.5 Å². The zero-order chi connectivity index (χ0) is 25.4. The Balaban J connectivity index is 1.63. The Bertz CT molecular complexity index is 1380. The van der Waals surface area contributed by atoms with Crippen molar-refractivity contribution >= 4 is 28.7 Å². The van der Waals surface area contributed by atoms with Crippen molar-refractivity contribution in [3.63, 3.8) is 0 Å². The minimum Gasteiger partial charge on any atom is -0.351 e. The molecule has 5 rings (SSSR count). The van der Waals surface area contributed by atoms with Gasteiger partial charge in [0.15, 0.2) is 5.78 Å². The van der Waals surface area contributed by atoms with Crippen LogP contribution in [0.3, 0.4) is 0 Å². The largest absolute Gasteiger partial charge is 0.351 e. The van der Waals surface area contributed by atoms with Crippen LogP contribution in [0.25, 0.3) is 22.2 Å². The van der Waals surface area contributed by atoms with Gasteiger partial charge in [0.2, 0.25) is 11.9 Å². The summed E-state index contributed by atoms with van der Waals surface area (Å²) in [7, 11) is 0. The monoisotopic (exact) mass is 488 g/mol. The molecule has 2 fully saturated rings. The number of nitrogens with one attached hydrogen (secondary N) is 2. The maximum Gasteiger partial charge on any atom is 0.261 e. The first-order chi connectivity index (χ1) is 17.3. The molecule has 3 aromatic rings. The van der Waals surface area contributed by atoms with Crippen molar-refractivity contribution in [3.05, 3.63) is 52.4 Å². The molecule has 4 heterocycles. The van der Waals surface area contributed by atoms with Gasteiger partial charge in [0.25, 0.3) is 5.56 Å². The predicted molar refractivity (Wildman–Crippen MR) is 139 cm³/mol. The summed E-state index contributed by atoms with van der Waals surface area (Å²) in [5.74, 6) is 0.441. The molecule has 36 heavy (non-hydrogen) atoms. The van der Waals surface area contributed by atoms with E-state index >= 15 is 0 Å². The highest BCUT2D eigenvalue weighted by atomic mass is 16.2. The SMILES string of the molecule is CC(=O)N1CCC(Nc2ncc3cc(-c4ccccc4C)c(=O)n([C@@]4(C(C)=O)CCNC4)c3n2)CC1. The normalized spacial score (nSPS) is 20.6. The molecule has 0 spiro atoms. The van der Waals surface area contributed by atoms with Crippen molar-refractivity contribution in [2.24, 2.45) is 0 Å². The van der Waals surface area contributed by atoms with E-state index in [4.69, 9.17) is 4.98 Å². The Labute approximate surface area is 209 Å². The van der Waals surface area contributed by atoms with Gasteiger partial charge in [-0.25, -0.2) is 4.98 Å². The van der Waals surface area contributed by atoms with Gasteiger partial charge in [-0.15, -0.1) is 0 Å². The summed E-state index contributed by atoms with van der Waals surface area (Å²) in [5, 5.41) is 7.37. The third-order valence-electron chi connectivity index (χ3n) is 7.67. The van der Waals surface area contributed by atoms with E-state index < -0.39 is 5.54 Å². The number of carbonyl (C=O) groups excluding carboxylic acids is 2. The molecular formula is C27H32N6O3. The summed E-state index contributed by atoms with van der Waals surface area (Å²) in [5.41, 5.74) is 1.58. The number of hydrogen-bond acceptors (Lipinski definition) is 7. The Kier molecular flexibility index (Phi) is 6.34. The second-order valence-corrected chi connectivity index (χ2v) is 9.93. The second-order valence-electron chi connectivity index (χ2n) is 9.93. The van der Waals surface area contributed by atoms with Gasteiger partial charge in [-0.2, -0.15) is 4.98 Å². The number of ketones is 1. The Morgan fingerprint density at radius 2 is 1.89 bits per heavy atom. The molecule has 2 saturated heterocycles. The van der Waals surface area contributed by atoms with Crippen LogP contribution in [0.15, 0.2) is 41.3 Å². The summed E-state index contributed by atoms with van der Waals surface area (Å²) in [6.07, 6.45) is 3.83. The fraction of sp³-hybridized carbons (Fsp3) is 0.444. The second kappa shape index (κ2) is 9.46. The quantitative estimate of drug-likeness (QED) is 0.568. The molecule has 188 valence electrons. The standard InChI is InChI=1S/C27H32N6O3/c1-17-6-4-5-7-22(17)23-14-20-15-29-26(30-21-8-12-32(13-9-21)19(3)35)31-24(20)33(25(23)36)27(18(2)34)10-11-28-16-27/h4-7,14-15,21,28H,8-13,16H2,1-3H3,(H,29,30,31)/t27-/m0/s1. The number of Topliss-reactive ketones (excluding diaryl/α,β-unsaturated/α-hetero) is 1. The molecule has 0 radical (unpaired) electrons. The molecule has 0 aliphatic carbocycles. The van der Waals surface area contributed by atoms with Crippen molar-refractivity contribution in [3.8, 4) is 11.1 Å². The number of fused-ring (bicyclic) bond motifs is 1. The highest BCUT2D eigenvalue weighted by molar-refractivity contribution is 5.89. The van der Waals surface area contributed by atoms with Gasteiger partial charge >= 0.3 is 0 Å². The molecule has 9 heteroatoms. The van der Waals surface area contributed by atoms with E-state index in [2.05, 4.69) is 15.6 Å². The number of pyridine rings is 1. The summed E-state index contributed by atoms with van der Waals surface area (Å²) < 4.78 is 1.61. The lowest BCUT2D eigenvalue weighted by atomic mass is 9.91. The van der Waals surface area contributed by atoms with Crippen LogP contribution >= 0.6 is 0 Å². The third-order valence-corrected chi connectivity index (χ3v) is 7.67. The topological polar surface area (TPSA) is 109 Å². The minimum atomic E-state index is -1.01. The molecule has 1 amide bonds. The van der Waals surface area contributed by atoms with Crippen LogP contribution in [0, 0.1) is 6.92 Å². The smallest absolute Gasteiger partial charge is 0.261 e. The van der Waals surface area contributed by atoms with Gasteiger partial charge in [0.05, 0.1) is 0 Å². The van der Waals surface area contributed by atoms with E-state index in [-0.39, 0.29) is 23.3 Å². The average molecular weight is 489 g/mol. The van der Waals surface area contributed by atoms with E-state index in [9.17, 15) is 14.4 Å². The lowest BCUT2D eigenvalue weighted by molar-refractivity contribution is -0.129. The number of benzene rings is 1. The lowest BCUT2D eigenvalue weighted by Crippen LogP contribution is -2.49. The van der Waals surface area contributed by atoms with E-state index in [1.165, 1.54) is 0 Å².